The average molecular weight is 572 g/mol. The zero-order valence-corrected chi connectivity index (χ0v) is 24.6. The number of rotatable bonds is 10. The molecule has 1 aromatic carbocycles. The molecule has 3 heterocycles. The number of hydrogen-bond acceptors (Lipinski definition) is 8. The number of para-hydroxylation sites is 2. The number of ether oxygens (including phenoxy) is 1. The van der Waals surface area contributed by atoms with Crippen LogP contribution in [-0.2, 0) is 4.74 Å². The summed E-state index contributed by atoms with van der Waals surface area (Å²) in [5.41, 5.74) is 0.370. The van der Waals surface area contributed by atoms with Gasteiger partial charge in [0.15, 0.2) is 5.82 Å². The second-order valence-corrected chi connectivity index (χ2v) is 12.1. The van der Waals surface area contributed by atoms with E-state index in [2.05, 4.69) is 33.9 Å². The van der Waals surface area contributed by atoms with Gasteiger partial charge in [-0.1, -0.05) is 19.1 Å². The Bertz CT molecular complexity index is 1300. The van der Waals surface area contributed by atoms with E-state index in [-0.39, 0.29) is 11.9 Å². The van der Waals surface area contributed by atoms with Crippen molar-refractivity contribution in [2.24, 2.45) is 5.92 Å². The number of aliphatic hydroxyl groups is 1. The first-order valence-electron chi connectivity index (χ1n) is 14.8. The van der Waals surface area contributed by atoms with Gasteiger partial charge in [-0.3, -0.25) is 9.47 Å². The molecule has 1 atom stereocenters. The second kappa shape index (κ2) is 12.5. The lowest BCUT2D eigenvalue weighted by atomic mass is 9.85. The number of hydrogen-bond donors (Lipinski definition) is 2. The maximum absolute atomic E-state index is 14.2. The lowest BCUT2D eigenvalue weighted by Gasteiger charge is -2.39. The first-order valence-corrected chi connectivity index (χ1v) is 14.8. The molecule has 0 unspecified atom stereocenters. The number of benzene rings is 1. The van der Waals surface area contributed by atoms with Crippen LogP contribution in [0.1, 0.15) is 65.6 Å². The summed E-state index contributed by atoms with van der Waals surface area (Å²) in [7, 11) is 0. The van der Waals surface area contributed by atoms with Gasteiger partial charge in [0.1, 0.15) is 11.6 Å². The summed E-state index contributed by atoms with van der Waals surface area (Å²) < 4.78 is 35.4. The molecule has 1 saturated carbocycles. The standard InChI is InChI=1S/C30H43F2N7O2/c1-5-37(19-30(3,4)40)22-12-10-21(11-13-22)17-33-29-35-25(38-14-15-41-18-20(38)2)16-26(36-29)39-24-9-7-6-8-23(24)34-28(39)27(31)32/h6-9,16,20-22,27,40H,5,10-15,17-19H2,1-4H3,(H,33,35,36)/t20-,21-,22-/m0/s1. The van der Waals surface area contributed by atoms with Gasteiger partial charge in [-0.15, -0.1) is 0 Å². The maximum atomic E-state index is 14.2. The number of likely N-dealkylation sites (N-methyl/N-ethyl adjacent to an activating group) is 1. The molecule has 2 aliphatic rings. The van der Waals surface area contributed by atoms with Gasteiger partial charge >= 0.3 is 0 Å². The fourth-order valence-electron chi connectivity index (χ4n) is 6.21. The highest BCUT2D eigenvalue weighted by Gasteiger charge is 2.29. The Morgan fingerprint density at radius 3 is 2.54 bits per heavy atom. The minimum atomic E-state index is -2.76. The van der Waals surface area contributed by atoms with Gasteiger partial charge in [0.25, 0.3) is 6.43 Å². The van der Waals surface area contributed by atoms with Gasteiger partial charge in [-0.2, -0.15) is 9.97 Å². The molecule has 9 nitrogen and oxygen atoms in total. The Balaban J connectivity index is 1.38. The summed E-state index contributed by atoms with van der Waals surface area (Å²) in [5, 5.41) is 13.8. The first kappa shape index (κ1) is 29.6. The number of morpholine rings is 1. The van der Waals surface area contributed by atoms with Crippen LogP contribution in [0.2, 0.25) is 0 Å². The molecule has 0 radical (unpaired) electrons. The highest BCUT2D eigenvalue weighted by Crippen LogP contribution is 2.31. The Morgan fingerprint density at radius 2 is 1.85 bits per heavy atom. The molecule has 11 heteroatoms. The van der Waals surface area contributed by atoms with Gasteiger partial charge < -0.3 is 20.1 Å². The van der Waals surface area contributed by atoms with Crippen molar-refractivity contribution in [3.63, 3.8) is 0 Å². The van der Waals surface area contributed by atoms with E-state index < -0.39 is 12.0 Å². The predicted octanol–water partition coefficient (Wildman–Crippen LogP) is 5.04. The fourth-order valence-corrected chi connectivity index (χ4v) is 6.21. The van der Waals surface area contributed by atoms with E-state index in [1.54, 1.807) is 24.3 Å². The smallest absolute Gasteiger partial charge is 0.296 e. The van der Waals surface area contributed by atoms with Crippen LogP contribution in [0.25, 0.3) is 16.9 Å². The summed E-state index contributed by atoms with van der Waals surface area (Å²) in [6.07, 6.45) is 1.52. The van der Waals surface area contributed by atoms with Crippen molar-refractivity contribution in [1.29, 1.82) is 0 Å². The molecule has 2 fully saturated rings. The van der Waals surface area contributed by atoms with Crippen LogP contribution in [0.3, 0.4) is 0 Å². The van der Waals surface area contributed by atoms with Crippen molar-refractivity contribution in [2.75, 3.05) is 49.6 Å². The third-order valence-corrected chi connectivity index (χ3v) is 8.25. The molecule has 1 aliphatic carbocycles. The van der Waals surface area contributed by atoms with Crippen LogP contribution in [0.5, 0.6) is 0 Å². The zero-order chi connectivity index (χ0) is 29.1. The predicted molar refractivity (Wildman–Crippen MR) is 157 cm³/mol. The highest BCUT2D eigenvalue weighted by molar-refractivity contribution is 5.78. The number of nitrogens with one attached hydrogen (secondary N) is 1. The SMILES string of the molecule is CCN(CC(C)(C)O)[C@H]1CC[C@H](CNc2nc(N3CCOC[C@@H]3C)cc(-n3c(C(F)F)nc4ccccc43)n2)CC1. The molecule has 2 N–H and O–H groups in total. The van der Waals surface area contributed by atoms with E-state index in [9.17, 15) is 13.9 Å². The number of imidazole rings is 1. The molecular weight excluding hydrogens is 528 g/mol. The minimum Gasteiger partial charge on any atom is -0.389 e. The highest BCUT2D eigenvalue weighted by atomic mass is 19.3. The minimum absolute atomic E-state index is 0.0918. The maximum Gasteiger partial charge on any atom is 0.296 e. The van der Waals surface area contributed by atoms with Crippen molar-refractivity contribution in [3.8, 4) is 5.82 Å². The van der Waals surface area contributed by atoms with Crippen LogP contribution in [0, 0.1) is 5.92 Å². The molecule has 3 aromatic rings. The van der Waals surface area contributed by atoms with Gasteiger partial charge in [0.05, 0.1) is 35.9 Å². The molecule has 224 valence electrons. The van der Waals surface area contributed by atoms with Crippen LogP contribution in [0.4, 0.5) is 20.5 Å². The molecule has 2 aromatic heterocycles. The second-order valence-electron chi connectivity index (χ2n) is 12.1. The largest absolute Gasteiger partial charge is 0.389 e. The van der Waals surface area contributed by atoms with E-state index in [0.717, 1.165) is 32.2 Å². The van der Waals surface area contributed by atoms with Crippen molar-refractivity contribution in [2.45, 2.75) is 77.5 Å². The Hall–Kier alpha value is -2.89. The summed E-state index contributed by atoms with van der Waals surface area (Å²) in [6.45, 7) is 12.1. The molecule has 0 amide bonds. The van der Waals surface area contributed by atoms with Crippen molar-refractivity contribution >= 4 is 22.8 Å². The van der Waals surface area contributed by atoms with Crippen molar-refractivity contribution < 1.29 is 18.6 Å². The monoisotopic (exact) mass is 571 g/mol. The number of anilines is 2. The normalized spacial score (nSPS) is 22.2. The third kappa shape index (κ3) is 6.95. The molecule has 41 heavy (non-hydrogen) atoms. The number of alkyl halides is 2. The average Bonchev–Trinajstić information content (AvgIpc) is 3.35. The lowest BCUT2D eigenvalue weighted by Crippen LogP contribution is -2.46. The van der Waals surface area contributed by atoms with Crippen molar-refractivity contribution in [1.82, 2.24) is 24.4 Å². The number of fused-ring (bicyclic) bond motifs is 1. The Labute approximate surface area is 240 Å². The van der Waals surface area contributed by atoms with E-state index >= 15 is 0 Å². The summed E-state index contributed by atoms with van der Waals surface area (Å²) in [6, 6.07) is 9.48. The summed E-state index contributed by atoms with van der Waals surface area (Å²) in [5.74, 6) is 1.60. The summed E-state index contributed by atoms with van der Waals surface area (Å²) in [4.78, 5) is 18.3. The zero-order valence-electron chi connectivity index (χ0n) is 24.6. The van der Waals surface area contributed by atoms with Gasteiger partial charge in [-0.25, -0.2) is 13.8 Å². The summed E-state index contributed by atoms with van der Waals surface area (Å²) >= 11 is 0. The molecule has 1 saturated heterocycles. The molecule has 5 rings (SSSR count). The molecular formula is C30H43F2N7O2. The van der Waals surface area contributed by atoms with Crippen LogP contribution in [-0.4, -0.2) is 86.6 Å². The third-order valence-electron chi connectivity index (χ3n) is 8.25. The molecule has 0 bridgehead atoms. The van der Waals surface area contributed by atoms with Crippen LogP contribution < -0.4 is 10.2 Å². The van der Waals surface area contributed by atoms with Crippen molar-refractivity contribution in [3.05, 3.63) is 36.2 Å². The number of nitrogens with zero attached hydrogens (tertiary/aromatic N) is 6. The lowest BCUT2D eigenvalue weighted by molar-refractivity contribution is 0.0134. The van der Waals surface area contributed by atoms with Crippen LogP contribution in [0.15, 0.2) is 30.3 Å². The Morgan fingerprint density at radius 1 is 1.12 bits per heavy atom. The van der Waals surface area contributed by atoms with Crippen LogP contribution >= 0.6 is 0 Å². The topological polar surface area (TPSA) is 91.6 Å². The van der Waals surface area contributed by atoms with E-state index in [0.29, 0.717) is 73.4 Å². The van der Waals surface area contributed by atoms with E-state index in [4.69, 9.17) is 14.7 Å². The Kier molecular flexibility index (Phi) is 9.06. The quantitative estimate of drug-likeness (QED) is 0.350. The van der Waals surface area contributed by atoms with Gasteiger partial charge in [-0.05, 0) is 71.0 Å². The molecule has 1 aliphatic heterocycles. The molecule has 0 spiro atoms. The first-order chi connectivity index (χ1) is 19.6. The fraction of sp³-hybridized carbons (Fsp3) is 0.633. The van der Waals surface area contributed by atoms with E-state index in [1.165, 1.54) is 4.57 Å². The number of halogens is 2. The van der Waals surface area contributed by atoms with Gasteiger partial charge in [0.2, 0.25) is 5.95 Å². The van der Waals surface area contributed by atoms with Gasteiger partial charge in [0, 0.05) is 31.7 Å². The number of aromatic nitrogens is 4. The van der Waals surface area contributed by atoms with E-state index in [1.807, 2.05) is 19.9 Å².